The number of nitrogens with zero attached hydrogens (tertiary/aromatic N) is 1. The lowest BCUT2D eigenvalue weighted by atomic mass is 10.0. The van der Waals surface area contributed by atoms with Crippen molar-refractivity contribution in [2.75, 3.05) is 13.2 Å². The van der Waals surface area contributed by atoms with Gasteiger partial charge in [0.1, 0.15) is 18.4 Å². The number of fused-ring (bicyclic) bond motifs is 1. The van der Waals surface area contributed by atoms with Crippen LogP contribution in [-0.2, 0) is 19.1 Å². The molecule has 2 unspecified atom stereocenters. The Bertz CT molecular complexity index is 865. The number of carboxylic acid groups (broad SMARTS) is 1. The molecule has 2 N–H and O–H groups in total. The Hall–Kier alpha value is -3.27. The molecule has 2 aliphatic rings. The second kappa shape index (κ2) is 7.77. The number of imide groups is 2. The Morgan fingerprint density at radius 2 is 2.00 bits per heavy atom. The summed E-state index contributed by atoms with van der Waals surface area (Å²) in [5.74, 6) is -3.42. The Labute approximate surface area is 159 Å². The summed E-state index contributed by atoms with van der Waals surface area (Å²) in [4.78, 5) is 60.5. The van der Waals surface area contributed by atoms with Crippen LogP contribution < -0.4 is 10.1 Å². The summed E-state index contributed by atoms with van der Waals surface area (Å²) in [5, 5.41) is 10.9. The first-order chi connectivity index (χ1) is 13.3. The summed E-state index contributed by atoms with van der Waals surface area (Å²) in [6.07, 6.45) is -0.907. The number of rotatable bonds is 7. The first-order valence-corrected chi connectivity index (χ1v) is 8.63. The van der Waals surface area contributed by atoms with E-state index >= 15 is 0 Å². The SMILES string of the molecule is CC(OCCOc1cccc2c1C(=O)N(C1CCC(=O)NC1=O)C2=O)C(=O)O. The molecular weight excluding hydrogens is 372 g/mol. The summed E-state index contributed by atoms with van der Waals surface area (Å²) in [7, 11) is 0. The molecule has 10 heteroatoms. The van der Waals surface area contributed by atoms with Crippen molar-refractivity contribution in [2.24, 2.45) is 0 Å². The van der Waals surface area contributed by atoms with Gasteiger partial charge in [-0.3, -0.25) is 29.4 Å². The van der Waals surface area contributed by atoms with Gasteiger partial charge in [0.05, 0.1) is 17.7 Å². The van der Waals surface area contributed by atoms with Gasteiger partial charge in [-0.15, -0.1) is 0 Å². The van der Waals surface area contributed by atoms with Crippen molar-refractivity contribution in [2.45, 2.75) is 31.9 Å². The van der Waals surface area contributed by atoms with Crippen molar-refractivity contribution in [3.63, 3.8) is 0 Å². The molecule has 0 radical (unpaired) electrons. The second-order valence-electron chi connectivity index (χ2n) is 6.33. The molecule has 4 amide bonds. The minimum absolute atomic E-state index is 0.0310. The highest BCUT2D eigenvalue weighted by Gasteiger charge is 2.45. The molecule has 2 aliphatic heterocycles. The van der Waals surface area contributed by atoms with Gasteiger partial charge in [-0.1, -0.05) is 6.07 Å². The van der Waals surface area contributed by atoms with E-state index in [0.29, 0.717) is 0 Å². The molecule has 2 heterocycles. The van der Waals surface area contributed by atoms with E-state index in [1.807, 2.05) is 0 Å². The van der Waals surface area contributed by atoms with Crippen molar-refractivity contribution in [1.82, 2.24) is 10.2 Å². The fourth-order valence-corrected chi connectivity index (χ4v) is 3.05. The van der Waals surface area contributed by atoms with E-state index in [0.717, 1.165) is 4.90 Å². The van der Waals surface area contributed by atoms with E-state index in [1.165, 1.54) is 25.1 Å². The summed E-state index contributed by atoms with van der Waals surface area (Å²) in [6, 6.07) is 3.43. The summed E-state index contributed by atoms with van der Waals surface area (Å²) >= 11 is 0. The molecule has 0 aromatic heterocycles. The Morgan fingerprint density at radius 1 is 1.25 bits per heavy atom. The molecule has 1 saturated heterocycles. The maximum absolute atomic E-state index is 12.8. The van der Waals surface area contributed by atoms with Crippen LogP contribution in [-0.4, -0.2) is 65.0 Å². The van der Waals surface area contributed by atoms with Crippen LogP contribution in [0.25, 0.3) is 0 Å². The van der Waals surface area contributed by atoms with Crippen LogP contribution in [0.5, 0.6) is 5.75 Å². The molecule has 148 valence electrons. The maximum atomic E-state index is 12.8. The first kappa shape index (κ1) is 19.5. The van der Waals surface area contributed by atoms with E-state index in [9.17, 15) is 24.0 Å². The fraction of sp³-hybridized carbons (Fsp3) is 0.389. The quantitative estimate of drug-likeness (QED) is 0.488. The monoisotopic (exact) mass is 390 g/mol. The van der Waals surface area contributed by atoms with E-state index < -0.39 is 41.7 Å². The minimum atomic E-state index is -1.11. The number of carbonyl (C=O) groups is 5. The zero-order valence-electron chi connectivity index (χ0n) is 15.0. The van der Waals surface area contributed by atoms with Gasteiger partial charge in [-0.05, 0) is 25.5 Å². The number of benzene rings is 1. The number of carbonyl (C=O) groups excluding carboxylic acids is 4. The Kier molecular flexibility index (Phi) is 5.41. The standard InChI is InChI=1S/C18H18N2O8/c1-9(18(25)26)27-7-8-28-12-4-2-3-10-14(12)17(24)20(16(10)23)11-5-6-13(21)19-15(11)22/h2-4,9,11H,5-8H2,1H3,(H,25,26)(H,19,21,22). The van der Waals surface area contributed by atoms with E-state index in [4.69, 9.17) is 14.6 Å². The number of nitrogens with one attached hydrogen (secondary N) is 1. The van der Waals surface area contributed by atoms with Gasteiger partial charge < -0.3 is 14.6 Å². The molecule has 0 aliphatic carbocycles. The third-order valence-electron chi connectivity index (χ3n) is 4.49. The maximum Gasteiger partial charge on any atom is 0.332 e. The van der Waals surface area contributed by atoms with Crippen molar-refractivity contribution in [3.05, 3.63) is 29.3 Å². The lowest BCUT2D eigenvalue weighted by molar-refractivity contribution is -0.149. The molecule has 2 atom stereocenters. The van der Waals surface area contributed by atoms with Gasteiger partial charge in [0.2, 0.25) is 11.8 Å². The van der Waals surface area contributed by atoms with Crippen molar-refractivity contribution >= 4 is 29.6 Å². The molecule has 3 rings (SSSR count). The lowest BCUT2D eigenvalue weighted by Crippen LogP contribution is -2.54. The highest BCUT2D eigenvalue weighted by atomic mass is 16.5. The Morgan fingerprint density at radius 3 is 2.68 bits per heavy atom. The van der Waals surface area contributed by atoms with Gasteiger partial charge in [-0.2, -0.15) is 0 Å². The van der Waals surface area contributed by atoms with Crippen molar-refractivity contribution < 1.29 is 38.6 Å². The average molecular weight is 390 g/mol. The largest absolute Gasteiger partial charge is 0.490 e. The van der Waals surface area contributed by atoms with Crippen molar-refractivity contribution in [1.29, 1.82) is 0 Å². The zero-order chi connectivity index (χ0) is 20.4. The molecule has 1 aromatic rings. The smallest absolute Gasteiger partial charge is 0.332 e. The summed E-state index contributed by atoms with van der Waals surface area (Å²) in [6.45, 7) is 1.31. The number of ether oxygens (including phenoxy) is 2. The third kappa shape index (κ3) is 3.58. The molecule has 0 bridgehead atoms. The number of piperidine rings is 1. The van der Waals surface area contributed by atoms with Crippen molar-refractivity contribution in [3.8, 4) is 5.75 Å². The molecular formula is C18H18N2O8. The molecule has 0 spiro atoms. The fourth-order valence-electron chi connectivity index (χ4n) is 3.05. The third-order valence-corrected chi connectivity index (χ3v) is 4.49. The topological polar surface area (TPSA) is 139 Å². The summed E-state index contributed by atoms with van der Waals surface area (Å²) in [5.41, 5.74) is 0.135. The van der Waals surface area contributed by atoms with Crippen LogP contribution in [0.3, 0.4) is 0 Å². The van der Waals surface area contributed by atoms with Crippen LogP contribution in [0, 0.1) is 0 Å². The van der Waals surface area contributed by atoms with E-state index in [-0.39, 0.29) is 42.9 Å². The van der Waals surface area contributed by atoms with E-state index in [2.05, 4.69) is 5.32 Å². The number of carboxylic acids is 1. The van der Waals surface area contributed by atoms with Gasteiger partial charge in [0.15, 0.2) is 6.10 Å². The van der Waals surface area contributed by atoms with Crippen LogP contribution in [0.1, 0.15) is 40.5 Å². The average Bonchev–Trinajstić information content (AvgIpc) is 2.90. The molecule has 1 aromatic carbocycles. The Balaban J connectivity index is 1.74. The minimum Gasteiger partial charge on any atom is -0.490 e. The van der Waals surface area contributed by atoms with Gasteiger partial charge in [0, 0.05) is 6.42 Å². The number of hydrogen-bond donors (Lipinski definition) is 2. The van der Waals surface area contributed by atoms with Gasteiger partial charge in [0.25, 0.3) is 11.8 Å². The highest BCUT2D eigenvalue weighted by molar-refractivity contribution is 6.24. The normalized spacial score (nSPS) is 20.0. The summed E-state index contributed by atoms with van der Waals surface area (Å²) < 4.78 is 10.6. The van der Waals surface area contributed by atoms with Gasteiger partial charge >= 0.3 is 5.97 Å². The first-order valence-electron chi connectivity index (χ1n) is 8.63. The van der Waals surface area contributed by atoms with Crippen LogP contribution in [0.15, 0.2) is 18.2 Å². The molecule has 28 heavy (non-hydrogen) atoms. The second-order valence-corrected chi connectivity index (χ2v) is 6.33. The predicted molar refractivity (Wildman–Crippen MR) is 91.7 cm³/mol. The molecule has 10 nitrogen and oxygen atoms in total. The molecule has 1 fully saturated rings. The number of amides is 4. The number of hydrogen-bond acceptors (Lipinski definition) is 7. The van der Waals surface area contributed by atoms with Crippen LogP contribution in [0.4, 0.5) is 0 Å². The van der Waals surface area contributed by atoms with E-state index in [1.54, 1.807) is 0 Å². The highest BCUT2D eigenvalue weighted by Crippen LogP contribution is 2.33. The predicted octanol–water partition coefficient (Wildman–Crippen LogP) is -0.0437. The van der Waals surface area contributed by atoms with Crippen LogP contribution in [0.2, 0.25) is 0 Å². The number of aliphatic carboxylic acids is 1. The zero-order valence-corrected chi connectivity index (χ0v) is 15.0. The molecule has 0 saturated carbocycles. The van der Waals surface area contributed by atoms with Gasteiger partial charge in [-0.25, -0.2) is 4.79 Å². The lowest BCUT2D eigenvalue weighted by Gasteiger charge is -2.27. The van der Waals surface area contributed by atoms with Crippen LogP contribution >= 0.6 is 0 Å².